The molecule has 0 saturated heterocycles. The van der Waals surface area contributed by atoms with Crippen molar-refractivity contribution in [3.8, 4) is 11.1 Å². The van der Waals surface area contributed by atoms with E-state index < -0.39 is 11.7 Å². The molecule has 0 bridgehead atoms. The van der Waals surface area contributed by atoms with E-state index in [0.717, 1.165) is 10.4 Å². The summed E-state index contributed by atoms with van der Waals surface area (Å²) in [7, 11) is 0. The highest BCUT2D eigenvalue weighted by atomic mass is 32.1. The minimum Gasteiger partial charge on any atom is -0.398 e. The molecule has 148 valence electrons. The van der Waals surface area contributed by atoms with Gasteiger partial charge in [0.25, 0.3) is 5.91 Å². The Morgan fingerprint density at radius 2 is 1.97 bits per heavy atom. The number of anilines is 2. The Balaban J connectivity index is 1.67. The van der Waals surface area contributed by atoms with Crippen LogP contribution in [0.1, 0.15) is 20.1 Å². The van der Waals surface area contributed by atoms with Crippen molar-refractivity contribution < 1.29 is 14.0 Å². The number of nitrogens with zero attached hydrogens (tertiary/aromatic N) is 2. The predicted octanol–water partition coefficient (Wildman–Crippen LogP) is 3.22. The van der Waals surface area contributed by atoms with Gasteiger partial charge in [-0.05, 0) is 42.3 Å². The van der Waals surface area contributed by atoms with Crippen molar-refractivity contribution in [1.82, 2.24) is 9.88 Å². The quantitative estimate of drug-likeness (QED) is 0.574. The topological polar surface area (TPSA) is 114 Å². The number of nitrogens with one attached hydrogen (secondary N) is 1. The number of pyridine rings is 1. The fourth-order valence-corrected chi connectivity index (χ4v) is 4.65. The number of rotatable bonds is 3. The zero-order valence-electron chi connectivity index (χ0n) is 15.3. The molecule has 0 atom stereocenters. The van der Waals surface area contributed by atoms with Gasteiger partial charge in [-0.3, -0.25) is 9.78 Å². The van der Waals surface area contributed by atoms with E-state index in [2.05, 4.69) is 10.3 Å². The number of thiophene rings is 1. The van der Waals surface area contributed by atoms with Crippen molar-refractivity contribution in [2.75, 3.05) is 17.6 Å². The minimum absolute atomic E-state index is 0.248. The van der Waals surface area contributed by atoms with Crippen LogP contribution in [0.25, 0.3) is 11.1 Å². The van der Waals surface area contributed by atoms with Crippen LogP contribution in [0.15, 0.2) is 42.7 Å². The molecule has 3 aromatic rings. The molecular formula is C20H18FN5O2S. The maximum absolute atomic E-state index is 13.8. The summed E-state index contributed by atoms with van der Waals surface area (Å²) in [6.07, 6.45) is 3.70. The summed E-state index contributed by atoms with van der Waals surface area (Å²) in [6, 6.07) is 7.21. The molecule has 7 nitrogen and oxygen atoms in total. The smallest absolute Gasteiger partial charge is 0.322 e. The molecule has 29 heavy (non-hydrogen) atoms. The second kappa shape index (κ2) is 7.51. The molecular weight excluding hydrogens is 393 g/mol. The fourth-order valence-electron chi connectivity index (χ4n) is 3.42. The summed E-state index contributed by atoms with van der Waals surface area (Å²) in [4.78, 5) is 31.4. The van der Waals surface area contributed by atoms with Gasteiger partial charge in [0, 0.05) is 46.3 Å². The monoisotopic (exact) mass is 411 g/mol. The van der Waals surface area contributed by atoms with E-state index in [1.165, 1.54) is 29.5 Å². The lowest BCUT2D eigenvalue weighted by molar-refractivity contribution is 0.100. The van der Waals surface area contributed by atoms with Crippen LogP contribution >= 0.6 is 11.3 Å². The van der Waals surface area contributed by atoms with E-state index in [1.807, 2.05) is 0 Å². The number of amides is 3. The van der Waals surface area contributed by atoms with E-state index in [4.69, 9.17) is 11.5 Å². The maximum atomic E-state index is 13.8. The normalized spacial score (nSPS) is 13.1. The van der Waals surface area contributed by atoms with Crippen LogP contribution in [-0.4, -0.2) is 28.4 Å². The summed E-state index contributed by atoms with van der Waals surface area (Å²) in [6.45, 7) is 0.771. The zero-order chi connectivity index (χ0) is 20.5. The number of nitrogens with two attached hydrogens (primary N) is 2. The van der Waals surface area contributed by atoms with Gasteiger partial charge in [0.2, 0.25) is 0 Å². The third-order valence-corrected chi connectivity index (χ3v) is 6.02. The second-order valence-corrected chi connectivity index (χ2v) is 7.75. The van der Waals surface area contributed by atoms with Crippen LogP contribution in [0.4, 0.5) is 20.6 Å². The van der Waals surface area contributed by atoms with Crippen molar-refractivity contribution in [3.05, 3.63) is 63.9 Å². The first kappa shape index (κ1) is 18.9. The number of nitrogen functional groups attached to an aromatic ring is 1. The van der Waals surface area contributed by atoms with Crippen molar-refractivity contribution in [2.45, 2.75) is 13.0 Å². The summed E-state index contributed by atoms with van der Waals surface area (Å²) >= 11 is 1.22. The molecule has 1 aromatic carbocycles. The Morgan fingerprint density at radius 3 is 2.69 bits per heavy atom. The van der Waals surface area contributed by atoms with Crippen LogP contribution in [0, 0.1) is 5.82 Å². The van der Waals surface area contributed by atoms with Crippen LogP contribution in [0.5, 0.6) is 0 Å². The van der Waals surface area contributed by atoms with E-state index >= 15 is 0 Å². The maximum Gasteiger partial charge on any atom is 0.322 e. The highest BCUT2D eigenvalue weighted by Crippen LogP contribution is 2.42. The Labute approximate surface area is 170 Å². The highest BCUT2D eigenvalue weighted by molar-refractivity contribution is 7.14. The average Bonchev–Trinajstić information content (AvgIpc) is 3.09. The molecule has 9 heteroatoms. The van der Waals surface area contributed by atoms with Gasteiger partial charge in [0.15, 0.2) is 0 Å². The fraction of sp³-hybridized carbons (Fsp3) is 0.150. The molecule has 3 heterocycles. The summed E-state index contributed by atoms with van der Waals surface area (Å²) in [5.41, 5.74) is 14.6. The second-order valence-electron chi connectivity index (χ2n) is 6.64. The van der Waals surface area contributed by atoms with Crippen molar-refractivity contribution >= 4 is 34.6 Å². The van der Waals surface area contributed by atoms with Crippen molar-refractivity contribution in [3.63, 3.8) is 0 Å². The molecule has 4 rings (SSSR count). The van der Waals surface area contributed by atoms with Gasteiger partial charge in [0.1, 0.15) is 10.7 Å². The third-order valence-electron chi connectivity index (χ3n) is 4.78. The van der Waals surface area contributed by atoms with E-state index in [-0.39, 0.29) is 6.03 Å². The lowest BCUT2D eigenvalue weighted by Gasteiger charge is -2.27. The molecule has 1 aliphatic rings. The first-order valence-electron chi connectivity index (χ1n) is 8.89. The van der Waals surface area contributed by atoms with Crippen LogP contribution < -0.4 is 16.8 Å². The lowest BCUT2D eigenvalue weighted by Crippen LogP contribution is -2.38. The molecule has 3 amide bonds. The van der Waals surface area contributed by atoms with Gasteiger partial charge in [-0.1, -0.05) is 0 Å². The van der Waals surface area contributed by atoms with E-state index in [9.17, 15) is 14.0 Å². The number of halogens is 1. The molecule has 2 aromatic heterocycles. The molecule has 0 aliphatic carbocycles. The van der Waals surface area contributed by atoms with Gasteiger partial charge in [-0.2, -0.15) is 0 Å². The largest absolute Gasteiger partial charge is 0.398 e. The van der Waals surface area contributed by atoms with Crippen molar-refractivity contribution in [1.29, 1.82) is 0 Å². The molecule has 0 radical (unpaired) electrons. The van der Waals surface area contributed by atoms with E-state index in [0.29, 0.717) is 46.9 Å². The number of benzene rings is 1. The predicted molar refractivity (Wildman–Crippen MR) is 110 cm³/mol. The Kier molecular flexibility index (Phi) is 4.89. The molecule has 0 fully saturated rings. The molecule has 5 N–H and O–H groups in total. The molecule has 0 unspecified atom stereocenters. The number of carbonyl (C=O) groups excluding carboxylic acids is 2. The van der Waals surface area contributed by atoms with Gasteiger partial charge in [-0.25, -0.2) is 9.18 Å². The molecule has 0 saturated carbocycles. The SMILES string of the molecule is NC(=O)c1sc2c(c1-c1cc(F)ccc1N)CCN(C(=O)Nc1ccncc1)C2. The third kappa shape index (κ3) is 3.64. The van der Waals surface area contributed by atoms with E-state index in [1.54, 1.807) is 29.4 Å². The molecule has 0 spiro atoms. The Morgan fingerprint density at radius 1 is 1.21 bits per heavy atom. The van der Waals surface area contributed by atoms with Gasteiger partial charge >= 0.3 is 6.03 Å². The van der Waals surface area contributed by atoms with Gasteiger partial charge in [0.05, 0.1) is 6.54 Å². The molecule has 1 aliphatic heterocycles. The first-order chi connectivity index (χ1) is 13.9. The summed E-state index contributed by atoms with van der Waals surface area (Å²) in [5, 5.41) is 2.83. The Bertz CT molecular complexity index is 1100. The Hall–Kier alpha value is -3.46. The number of aromatic nitrogens is 1. The number of carbonyl (C=O) groups is 2. The van der Waals surface area contributed by atoms with Crippen LogP contribution in [-0.2, 0) is 13.0 Å². The highest BCUT2D eigenvalue weighted by Gasteiger charge is 2.29. The summed E-state index contributed by atoms with van der Waals surface area (Å²) < 4.78 is 13.8. The number of primary amides is 1. The van der Waals surface area contributed by atoms with Crippen LogP contribution in [0.2, 0.25) is 0 Å². The number of hydrogen-bond donors (Lipinski definition) is 3. The van der Waals surface area contributed by atoms with Crippen molar-refractivity contribution in [2.24, 2.45) is 5.73 Å². The lowest BCUT2D eigenvalue weighted by atomic mass is 9.94. The van der Waals surface area contributed by atoms with Gasteiger partial charge < -0.3 is 21.7 Å². The van der Waals surface area contributed by atoms with Gasteiger partial charge in [-0.15, -0.1) is 11.3 Å². The minimum atomic E-state index is -0.601. The number of urea groups is 1. The van der Waals surface area contributed by atoms with Crippen LogP contribution in [0.3, 0.4) is 0 Å². The first-order valence-corrected chi connectivity index (χ1v) is 9.71. The standard InChI is InChI=1S/C20H18FN5O2S/c21-11-1-2-15(22)14(9-11)17-13-5-8-26(10-16(13)29-18(17)19(23)27)20(28)25-12-3-6-24-7-4-12/h1-4,6-7,9H,5,8,10,22H2,(H2,23,27)(H,24,25,28). The number of fused-ring (bicyclic) bond motifs is 1. The summed E-state index contributed by atoms with van der Waals surface area (Å²) in [5.74, 6) is -1.05. The zero-order valence-corrected chi connectivity index (χ0v) is 16.1. The number of hydrogen-bond acceptors (Lipinski definition) is 5. The average molecular weight is 411 g/mol.